The number of hydrogen-bond acceptors (Lipinski definition) is 2. The minimum Gasteiger partial charge on any atom is -0.478 e. The van der Waals surface area contributed by atoms with Gasteiger partial charge >= 0.3 is 5.97 Å². The van der Waals surface area contributed by atoms with E-state index >= 15 is 0 Å². The number of aromatic carboxylic acids is 1. The van der Waals surface area contributed by atoms with Crippen molar-refractivity contribution in [2.24, 2.45) is 0 Å². The maximum Gasteiger partial charge on any atom is 0.336 e. The summed E-state index contributed by atoms with van der Waals surface area (Å²) in [6.45, 7) is 4.09. The van der Waals surface area contributed by atoms with Crippen molar-refractivity contribution in [3.8, 4) is 0 Å². The van der Waals surface area contributed by atoms with Crippen LogP contribution in [-0.2, 0) is 11.3 Å². The maximum atomic E-state index is 13.0. The first-order valence-corrected chi connectivity index (χ1v) is 5.68. The first-order valence-electron chi connectivity index (χ1n) is 5.68. The molecule has 0 spiro atoms. The molecule has 0 amide bonds. The van der Waals surface area contributed by atoms with E-state index in [0.29, 0.717) is 5.56 Å². The molecule has 1 aromatic rings. The lowest BCUT2D eigenvalue weighted by Crippen LogP contribution is -2.10. The van der Waals surface area contributed by atoms with Gasteiger partial charge < -0.3 is 9.84 Å². The van der Waals surface area contributed by atoms with Crippen LogP contribution in [0.1, 0.15) is 42.6 Å². The number of rotatable bonds is 6. The van der Waals surface area contributed by atoms with Gasteiger partial charge in [-0.1, -0.05) is 13.3 Å². The fourth-order valence-corrected chi connectivity index (χ4v) is 1.61. The molecule has 0 bridgehead atoms. The topological polar surface area (TPSA) is 46.5 Å². The van der Waals surface area contributed by atoms with Crippen LogP contribution in [0, 0.1) is 5.82 Å². The van der Waals surface area contributed by atoms with Crippen molar-refractivity contribution >= 4 is 5.97 Å². The average Bonchev–Trinajstić information content (AvgIpc) is 2.26. The Morgan fingerprint density at radius 3 is 2.82 bits per heavy atom. The van der Waals surface area contributed by atoms with Gasteiger partial charge in [-0.2, -0.15) is 0 Å². The molecule has 3 nitrogen and oxygen atoms in total. The van der Waals surface area contributed by atoms with Crippen molar-refractivity contribution in [1.29, 1.82) is 0 Å². The summed E-state index contributed by atoms with van der Waals surface area (Å²) in [6.07, 6.45) is 1.94. The van der Waals surface area contributed by atoms with Gasteiger partial charge in [-0.3, -0.25) is 0 Å². The molecule has 4 heteroatoms. The van der Waals surface area contributed by atoms with E-state index in [4.69, 9.17) is 9.84 Å². The highest BCUT2D eigenvalue weighted by molar-refractivity contribution is 5.89. The standard InChI is InChI=1S/C13H17FO3/c1-3-4-9(2)17-8-10-7-11(14)5-6-12(10)13(15)16/h5-7,9H,3-4,8H2,1-2H3,(H,15,16). The summed E-state index contributed by atoms with van der Waals surface area (Å²) in [4.78, 5) is 10.9. The summed E-state index contributed by atoms with van der Waals surface area (Å²) in [5.74, 6) is -1.51. The van der Waals surface area contributed by atoms with Crippen LogP contribution in [0.15, 0.2) is 18.2 Å². The molecule has 0 saturated heterocycles. The molecule has 1 unspecified atom stereocenters. The SMILES string of the molecule is CCCC(C)OCc1cc(F)ccc1C(=O)O. The lowest BCUT2D eigenvalue weighted by atomic mass is 10.1. The zero-order valence-corrected chi connectivity index (χ0v) is 10.1. The summed E-state index contributed by atoms with van der Waals surface area (Å²) in [7, 11) is 0. The predicted octanol–water partition coefficient (Wildman–Crippen LogP) is 3.23. The molecule has 1 rings (SSSR count). The Labute approximate surface area is 100 Å². The zero-order chi connectivity index (χ0) is 12.8. The lowest BCUT2D eigenvalue weighted by Gasteiger charge is -2.13. The molecule has 0 fully saturated rings. The molecule has 0 aliphatic heterocycles. The molecule has 0 radical (unpaired) electrons. The van der Waals surface area contributed by atoms with Gasteiger partial charge in [0.25, 0.3) is 0 Å². The zero-order valence-electron chi connectivity index (χ0n) is 10.1. The van der Waals surface area contributed by atoms with Gasteiger partial charge in [0.2, 0.25) is 0 Å². The first-order chi connectivity index (χ1) is 8.04. The number of hydrogen-bond donors (Lipinski definition) is 1. The number of carboxylic acid groups (broad SMARTS) is 1. The van der Waals surface area contributed by atoms with Crippen LogP contribution in [0.2, 0.25) is 0 Å². The second-order valence-electron chi connectivity index (χ2n) is 4.02. The quantitative estimate of drug-likeness (QED) is 0.830. The van der Waals surface area contributed by atoms with Gasteiger partial charge in [0.1, 0.15) is 5.82 Å². The summed E-state index contributed by atoms with van der Waals surface area (Å²) in [5.41, 5.74) is 0.468. The molecule has 1 N–H and O–H groups in total. The van der Waals surface area contributed by atoms with Crippen LogP contribution < -0.4 is 0 Å². The molecule has 17 heavy (non-hydrogen) atoms. The van der Waals surface area contributed by atoms with E-state index in [1.165, 1.54) is 12.1 Å². The van der Waals surface area contributed by atoms with E-state index < -0.39 is 11.8 Å². The largest absolute Gasteiger partial charge is 0.478 e. The van der Waals surface area contributed by atoms with Crippen LogP contribution in [0.3, 0.4) is 0 Å². The Hall–Kier alpha value is -1.42. The number of carbonyl (C=O) groups is 1. The fraction of sp³-hybridized carbons (Fsp3) is 0.462. The minimum atomic E-state index is -1.06. The number of benzene rings is 1. The van der Waals surface area contributed by atoms with Crippen molar-refractivity contribution in [2.75, 3.05) is 0 Å². The van der Waals surface area contributed by atoms with E-state index in [1.54, 1.807) is 0 Å². The Morgan fingerprint density at radius 1 is 1.53 bits per heavy atom. The van der Waals surface area contributed by atoms with Crippen molar-refractivity contribution < 1.29 is 19.0 Å². The minimum absolute atomic E-state index is 0.0462. The van der Waals surface area contributed by atoms with Crippen molar-refractivity contribution in [3.05, 3.63) is 35.1 Å². The molecular formula is C13H17FO3. The number of halogens is 1. The van der Waals surface area contributed by atoms with Gasteiger partial charge in [-0.05, 0) is 37.1 Å². The normalized spacial score (nSPS) is 12.4. The van der Waals surface area contributed by atoms with Crippen LogP contribution in [-0.4, -0.2) is 17.2 Å². The monoisotopic (exact) mass is 240 g/mol. The first kappa shape index (κ1) is 13.6. The molecule has 0 saturated carbocycles. The van der Waals surface area contributed by atoms with Crippen molar-refractivity contribution in [1.82, 2.24) is 0 Å². The van der Waals surface area contributed by atoms with Crippen LogP contribution in [0.4, 0.5) is 4.39 Å². The van der Waals surface area contributed by atoms with Crippen LogP contribution >= 0.6 is 0 Å². The summed E-state index contributed by atoms with van der Waals surface area (Å²) >= 11 is 0. The molecule has 0 heterocycles. The summed E-state index contributed by atoms with van der Waals surface area (Å²) in [5, 5.41) is 8.95. The molecular weight excluding hydrogens is 223 g/mol. The highest BCUT2D eigenvalue weighted by Crippen LogP contribution is 2.14. The average molecular weight is 240 g/mol. The van der Waals surface area contributed by atoms with Crippen LogP contribution in [0.5, 0.6) is 0 Å². The van der Waals surface area contributed by atoms with Gasteiger partial charge in [0.15, 0.2) is 0 Å². The molecule has 1 atom stereocenters. The van der Waals surface area contributed by atoms with Gasteiger partial charge in [-0.25, -0.2) is 9.18 Å². The predicted molar refractivity (Wildman–Crippen MR) is 62.5 cm³/mol. The summed E-state index contributed by atoms with van der Waals surface area (Å²) < 4.78 is 18.5. The Bertz CT molecular complexity index is 390. The molecule has 0 aromatic heterocycles. The summed E-state index contributed by atoms with van der Waals surface area (Å²) in [6, 6.07) is 3.62. The third-order valence-corrected chi connectivity index (χ3v) is 2.52. The van der Waals surface area contributed by atoms with E-state index in [9.17, 15) is 9.18 Å². The van der Waals surface area contributed by atoms with Gasteiger partial charge in [-0.15, -0.1) is 0 Å². The third kappa shape index (κ3) is 4.15. The third-order valence-electron chi connectivity index (χ3n) is 2.52. The van der Waals surface area contributed by atoms with Crippen molar-refractivity contribution in [2.45, 2.75) is 39.4 Å². The second-order valence-corrected chi connectivity index (χ2v) is 4.02. The van der Waals surface area contributed by atoms with E-state index in [1.807, 2.05) is 13.8 Å². The Kier molecular flexibility index (Phi) is 5.10. The van der Waals surface area contributed by atoms with Crippen LogP contribution in [0.25, 0.3) is 0 Å². The Morgan fingerprint density at radius 2 is 2.24 bits per heavy atom. The Balaban J connectivity index is 2.75. The molecule has 94 valence electrons. The van der Waals surface area contributed by atoms with E-state index in [2.05, 4.69) is 0 Å². The number of ether oxygens (including phenoxy) is 1. The molecule has 0 aliphatic carbocycles. The van der Waals surface area contributed by atoms with E-state index in [0.717, 1.165) is 18.9 Å². The smallest absolute Gasteiger partial charge is 0.336 e. The fourth-order valence-electron chi connectivity index (χ4n) is 1.61. The maximum absolute atomic E-state index is 13.0. The van der Waals surface area contributed by atoms with E-state index in [-0.39, 0.29) is 18.3 Å². The lowest BCUT2D eigenvalue weighted by molar-refractivity contribution is 0.0453. The molecule has 0 aliphatic rings. The highest BCUT2D eigenvalue weighted by atomic mass is 19.1. The second kappa shape index (κ2) is 6.35. The van der Waals surface area contributed by atoms with Gasteiger partial charge in [0.05, 0.1) is 18.3 Å². The van der Waals surface area contributed by atoms with Gasteiger partial charge in [0, 0.05) is 0 Å². The molecule has 1 aromatic carbocycles. The number of carboxylic acids is 1. The van der Waals surface area contributed by atoms with Crippen molar-refractivity contribution in [3.63, 3.8) is 0 Å². The highest BCUT2D eigenvalue weighted by Gasteiger charge is 2.12.